The molecule has 0 spiro atoms. The Kier molecular flexibility index (Phi) is 9.16. The first-order chi connectivity index (χ1) is 20.6. The number of benzene rings is 5. The lowest BCUT2D eigenvalue weighted by Crippen LogP contribution is -2.25. The minimum absolute atomic E-state index is 0.119. The highest BCUT2D eigenvalue weighted by atomic mass is 35.5. The molecule has 1 nitrogen and oxygen atoms in total. The van der Waals surface area contributed by atoms with Crippen molar-refractivity contribution in [2.75, 3.05) is 0 Å². The van der Waals surface area contributed by atoms with Crippen LogP contribution in [0.3, 0.4) is 0 Å². The Balaban J connectivity index is 1.33. The molecule has 0 aromatic heterocycles. The summed E-state index contributed by atoms with van der Waals surface area (Å²) < 4.78 is 79.9. The molecule has 0 aliphatic rings. The molecule has 0 saturated carbocycles. The average Bonchev–Trinajstić information content (AvgIpc) is 2.98. The van der Waals surface area contributed by atoms with Crippen molar-refractivity contribution in [3.8, 4) is 39.1 Å². The zero-order valence-electron chi connectivity index (χ0n) is 23.3. The van der Waals surface area contributed by atoms with Gasteiger partial charge in [-0.1, -0.05) is 92.0 Å². The number of halogens is 6. The largest absolute Gasteiger partial charge is 0.432 e. The second-order valence-electron chi connectivity index (χ2n) is 10.3. The summed E-state index contributed by atoms with van der Waals surface area (Å²) in [5, 5.41) is 0.553. The second kappa shape index (κ2) is 13.0. The van der Waals surface area contributed by atoms with Crippen LogP contribution in [0.5, 0.6) is 5.75 Å². The van der Waals surface area contributed by atoms with E-state index in [9.17, 15) is 0 Å². The second-order valence-corrected chi connectivity index (χ2v) is 10.8. The van der Waals surface area contributed by atoms with Gasteiger partial charge in [-0.05, 0) is 88.7 Å². The molecule has 5 rings (SSSR count). The van der Waals surface area contributed by atoms with Crippen molar-refractivity contribution in [2.24, 2.45) is 0 Å². The number of alkyl halides is 2. The van der Waals surface area contributed by atoms with Gasteiger partial charge in [-0.15, -0.1) is 0 Å². The number of ether oxygens (including phenoxy) is 1. The summed E-state index contributed by atoms with van der Waals surface area (Å²) >= 11 is 5.90. The Morgan fingerprint density at radius 1 is 0.605 bits per heavy atom. The molecule has 0 saturated heterocycles. The fourth-order valence-electron chi connectivity index (χ4n) is 4.94. The van der Waals surface area contributed by atoms with Crippen molar-refractivity contribution in [3.63, 3.8) is 0 Å². The van der Waals surface area contributed by atoms with E-state index >= 15 is 22.0 Å². The molecule has 0 aliphatic carbocycles. The molecule has 220 valence electrons. The van der Waals surface area contributed by atoms with Crippen molar-refractivity contribution in [1.82, 2.24) is 0 Å². The van der Waals surface area contributed by atoms with E-state index in [2.05, 4.69) is 6.92 Å². The lowest BCUT2D eigenvalue weighted by Gasteiger charge is -2.20. The van der Waals surface area contributed by atoms with E-state index in [0.717, 1.165) is 36.8 Å². The first kappa shape index (κ1) is 30.3. The predicted octanol–water partition coefficient (Wildman–Crippen LogP) is 11.6. The zero-order chi connectivity index (χ0) is 30.6. The predicted molar refractivity (Wildman–Crippen MR) is 162 cm³/mol. The third kappa shape index (κ3) is 7.08. The lowest BCUT2D eigenvalue weighted by atomic mass is 9.97. The van der Waals surface area contributed by atoms with Crippen LogP contribution in [-0.4, -0.2) is 0 Å². The van der Waals surface area contributed by atoms with Crippen LogP contribution in [0.4, 0.5) is 22.0 Å². The lowest BCUT2D eigenvalue weighted by molar-refractivity contribution is -0.189. The van der Waals surface area contributed by atoms with E-state index in [1.807, 2.05) is 24.3 Å². The summed E-state index contributed by atoms with van der Waals surface area (Å²) in [6.07, 6.45) is 0.0222. The number of hydrogen-bond donors (Lipinski definition) is 0. The van der Waals surface area contributed by atoms with Gasteiger partial charge in [0.05, 0.1) is 0 Å². The molecule has 5 aromatic rings. The Morgan fingerprint density at radius 3 is 1.70 bits per heavy atom. The SMILES string of the molecule is CCCCCc1ccc(-c2ccc(-c3cc(F)c(C(F)(F)Oc4ccc(-c5ccc(Cl)cc5)cc4)c(F)c3)c(F)c2)cc1. The zero-order valence-corrected chi connectivity index (χ0v) is 24.1. The molecular weight excluding hydrogens is 579 g/mol. The van der Waals surface area contributed by atoms with Gasteiger partial charge in [0.25, 0.3) is 0 Å². The van der Waals surface area contributed by atoms with Crippen LogP contribution < -0.4 is 4.74 Å². The van der Waals surface area contributed by atoms with Gasteiger partial charge in [-0.25, -0.2) is 13.2 Å². The molecule has 0 atom stereocenters. The van der Waals surface area contributed by atoms with E-state index in [-0.39, 0.29) is 16.9 Å². The van der Waals surface area contributed by atoms with Gasteiger partial charge >= 0.3 is 6.11 Å². The summed E-state index contributed by atoms with van der Waals surface area (Å²) in [6.45, 7) is 2.15. The standard InChI is InChI=1S/C36H28ClF5O/c1-2-3-4-5-23-6-8-26(9-7-23)27-14-19-31(32(38)20-27)28-21-33(39)35(34(40)22-28)36(41,42)43-30-17-12-25(13-18-30)24-10-15-29(37)16-11-24/h6-22H,2-5H2,1H3. The summed E-state index contributed by atoms with van der Waals surface area (Å²) in [5.41, 5.74) is 2.18. The first-order valence-corrected chi connectivity index (χ1v) is 14.3. The Labute approximate surface area is 252 Å². The van der Waals surface area contributed by atoms with Crippen LogP contribution >= 0.6 is 11.6 Å². The van der Waals surface area contributed by atoms with E-state index in [1.165, 1.54) is 29.8 Å². The minimum atomic E-state index is -4.33. The van der Waals surface area contributed by atoms with Crippen molar-refractivity contribution in [1.29, 1.82) is 0 Å². The van der Waals surface area contributed by atoms with Crippen molar-refractivity contribution in [2.45, 2.75) is 38.7 Å². The molecule has 7 heteroatoms. The molecule has 43 heavy (non-hydrogen) atoms. The summed E-state index contributed by atoms with van der Waals surface area (Å²) in [7, 11) is 0. The molecule has 0 radical (unpaired) electrons. The quantitative estimate of drug-likeness (QED) is 0.113. The number of aryl methyl sites for hydroxylation is 1. The van der Waals surface area contributed by atoms with E-state index in [1.54, 1.807) is 42.5 Å². The fourth-order valence-corrected chi connectivity index (χ4v) is 5.06. The third-order valence-electron chi connectivity index (χ3n) is 7.25. The number of unbranched alkanes of at least 4 members (excludes halogenated alkanes) is 2. The molecule has 5 aromatic carbocycles. The van der Waals surface area contributed by atoms with Gasteiger partial charge in [0, 0.05) is 10.6 Å². The molecular formula is C36H28ClF5O. The number of rotatable bonds is 10. The molecule has 0 amide bonds. The van der Waals surface area contributed by atoms with Crippen LogP contribution in [0, 0.1) is 17.5 Å². The molecule has 0 aliphatic heterocycles. The highest BCUT2D eigenvalue weighted by Gasteiger charge is 2.41. The summed E-state index contributed by atoms with van der Waals surface area (Å²) in [5.74, 6) is -4.14. The van der Waals surface area contributed by atoms with Gasteiger partial charge in [-0.2, -0.15) is 8.78 Å². The topological polar surface area (TPSA) is 9.23 Å². The van der Waals surface area contributed by atoms with Gasteiger partial charge < -0.3 is 4.74 Å². The number of hydrogen-bond acceptors (Lipinski definition) is 1. The normalized spacial score (nSPS) is 11.5. The van der Waals surface area contributed by atoms with Crippen LogP contribution in [0.2, 0.25) is 5.02 Å². The molecule has 0 unspecified atom stereocenters. The van der Waals surface area contributed by atoms with Crippen LogP contribution in [0.15, 0.2) is 103 Å². The molecule has 0 bridgehead atoms. The van der Waals surface area contributed by atoms with Crippen molar-refractivity contribution < 1.29 is 26.7 Å². The van der Waals surface area contributed by atoms with Gasteiger partial charge in [0.2, 0.25) is 0 Å². The van der Waals surface area contributed by atoms with Gasteiger partial charge in [-0.3, -0.25) is 0 Å². The smallest absolute Gasteiger partial charge is 0.429 e. The van der Waals surface area contributed by atoms with E-state index in [0.29, 0.717) is 28.3 Å². The Hall–Kier alpha value is -4.16. The average molecular weight is 607 g/mol. The van der Waals surface area contributed by atoms with E-state index < -0.39 is 29.1 Å². The maximum absolute atomic E-state index is 15.1. The third-order valence-corrected chi connectivity index (χ3v) is 7.50. The fraction of sp³-hybridized carbons (Fsp3) is 0.167. The van der Waals surface area contributed by atoms with Crippen LogP contribution in [0.1, 0.15) is 37.3 Å². The monoisotopic (exact) mass is 606 g/mol. The Bertz CT molecular complexity index is 1680. The van der Waals surface area contributed by atoms with E-state index in [4.69, 9.17) is 16.3 Å². The highest BCUT2D eigenvalue weighted by Crippen LogP contribution is 2.38. The van der Waals surface area contributed by atoms with Crippen molar-refractivity contribution >= 4 is 11.6 Å². The molecule has 0 N–H and O–H groups in total. The Morgan fingerprint density at radius 2 is 1.12 bits per heavy atom. The summed E-state index contributed by atoms with van der Waals surface area (Å²) in [6, 6.07) is 26.0. The molecule has 0 heterocycles. The van der Waals surface area contributed by atoms with Gasteiger partial charge in [0.1, 0.15) is 28.8 Å². The van der Waals surface area contributed by atoms with Crippen LogP contribution in [0.25, 0.3) is 33.4 Å². The van der Waals surface area contributed by atoms with Gasteiger partial charge in [0.15, 0.2) is 0 Å². The minimum Gasteiger partial charge on any atom is -0.429 e. The maximum atomic E-state index is 15.1. The maximum Gasteiger partial charge on any atom is 0.432 e. The first-order valence-electron chi connectivity index (χ1n) is 14.0. The van der Waals surface area contributed by atoms with Crippen molar-refractivity contribution in [3.05, 3.63) is 137 Å². The summed E-state index contributed by atoms with van der Waals surface area (Å²) in [4.78, 5) is 0. The highest BCUT2D eigenvalue weighted by molar-refractivity contribution is 6.30. The molecule has 0 fully saturated rings. The van der Waals surface area contributed by atoms with Crippen LogP contribution in [-0.2, 0) is 12.5 Å².